The van der Waals surface area contributed by atoms with Gasteiger partial charge in [0, 0.05) is 0 Å². The van der Waals surface area contributed by atoms with Crippen LogP contribution >= 0.6 is 0 Å². The fourth-order valence-corrected chi connectivity index (χ4v) is 4.70. The van der Waals surface area contributed by atoms with Gasteiger partial charge >= 0.3 is 5.97 Å². The molecule has 0 bridgehead atoms. The molecule has 0 N–H and O–H groups in total. The number of rotatable bonds is 19. The predicted octanol–water partition coefficient (Wildman–Crippen LogP) is 10.0. The van der Waals surface area contributed by atoms with E-state index < -0.39 is 0 Å². The van der Waals surface area contributed by atoms with Gasteiger partial charge in [-0.3, -0.25) is 0 Å². The molecule has 0 atom stereocenters. The Balaban J connectivity index is 1.50. The molecule has 0 heterocycles. The molecule has 0 fully saturated rings. The van der Waals surface area contributed by atoms with Crippen LogP contribution in [0.2, 0.25) is 0 Å². The standard InChI is InChI=1S/C36H46O3/c1-2-3-4-5-6-7-8-9-10-11-12-13-20-26-33-27-21-28-34(38-29-31-22-16-14-17-23-31)35(33)36(37)39-30-32-24-18-15-19-25-32/h7-8,14-19,21-25,27-28H,2-6,9-13,20,26,29-30H2,1H3/b8-7-. The van der Waals surface area contributed by atoms with E-state index in [2.05, 4.69) is 19.1 Å². The van der Waals surface area contributed by atoms with Gasteiger partial charge in [-0.1, -0.05) is 130 Å². The second-order valence-electron chi connectivity index (χ2n) is 10.3. The molecule has 0 aromatic heterocycles. The molecule has 3 rings (SSSR count). The molecule has 0 amide bonds. The number of aryl methyl sites for hydroxylation is 1. The lowest BCUT2D eigenvalue weighted by molar-refractivity contribution is 0.0466. The average Bonchev–Trinajstić information content (AvgIpc) is 2.98. The maximum Gasteiger partial charge on any atom is 0.342 e. The largest absolute Gasteiger partial charge is 0.488 e. The molecule has 0 aliphatic heterocycles. The van der Waals surface area contributed by atoms with E-state index in [-0.39, 0.29) is 12.6 Å². The zero-order valence-electron chi connectivity index (χ0n) is 23.8. The van der Waals surface area contributed by atoms with Crippen LogP contribution in [0.5, 0.6) is 5.75 Å². The van der Waals surface area contributed by atoms with Crippen molar-refractivity contribution in [2.45, 2.75) is 97.2 Å². The van der Waals surface area contributed by atoms with E-state index in [1.165, 1.54) is 57.8 Å². The first-order chi connectivity index (χ1) is 19.3. The first kappa shape index (κ1) is 30.2. The van der Waals surface area contributed by atoms with Crippen LogP contribution in [-0.4, -0.2) is 5.97 Å². The van der Waals surface area contributed by atoms with Gasteiger partial charge in [0.25, 0.3) is 0 Å². The van der Waals surface area contributed by atoms with Crippen molar-refractivity contribution in [3.05, 3.63) is 113 Å². The summed E-state index contributed by atoms with van der Waals surface area (Å²) in [4.78, 5) is 13.3. The summed E-state index contributed by atoms with van der Waals surface area (Å²) in [6.45, 7) is 2.92. The zero-order chi connectivity index (χ0) is 27.4. The molecule has 208 valence electrons. The van der Waals surface area contributed by atoms with Gasteiger partial charge in [0.05, 0.1) is 0 Å². The van der Waals surface area contributed by atoms with E-state index in [9.17, 15) is 4.79 Å². The summed E-state index contributed by atoms with van der Waals surface area (Å²) in [6.07, 6.45) is 19.3. The monoisotopic (exact) mass is 526 g/mol. The highest BCUT2D eigenvalue weighted by Crippen LogP contribution is 2.27. The van der Waals surface area contributed by atoms with Crippen molar-refractivity contribution >= 4 is 5.97 Å². The Labute approximate surface area is 236 Å². The Morgan fingerprint density at radius 3 is 1.90 bits per heavy atom. The quantitative estimate of drug-likeness (QED) is 0.0885. The summed E-state index contributed by atoms with van der Waals surface area (Å²) >= 11 is 0. The van der Waals surface area contributed by atoms with Crippen LogP contribution in [0.3, 0.4) is 0 Å². The zero-order valence-corrected chi connectivity index (χ0v) is 23.8. The Kier molecular flexibility index (Phi) is 14.6. The van der Waals surface area contributed by atoms with E-state index in [4.69, 9.17) is 9.47 Å². The van der Waals surface area contributed by atoms with Crippen molar-refractivity contribution in [3.8, 4) is 5.75 Å². The normalized spacial score (nSPS) is 11.1. The molecule has 39 heavy (non-hydrogen) atoms. The number of hydrogen-bond donors (Lipinski definition) is 0. The highest BCUT2D eigenvalue weighted by Gasteiger charge is 2.19. The van der Waals surface area contributed by atoms with Crippen molar-refractivity contribution in [1.29, 1.82) is 0 Å². The SMILES string of the molecule is CCCCCC/C=C\CCCCCCCc1cccc(OCc2ccccc2)c1C(=O)OCc1ccccc1. The van der Waals surface area contributed by atoms with E-state index in [0.29, 0.717) is 17.9 Å². The minimum Gasteiger partial charge on any atom is -0.488 e. The van der Waals surface area contributed by atoms with Crippen molar-refractivity contribution in [3.63, 3.8) is 0 Å². The lowest BCUT2D eigenvalue weighted by Gasteiger charge is -2.15. The third-order valence-electron chi connectivity index (χ3n) is 6.97. The molecule has 0 radical (unpaired) electrons. The number of allylic oxidation sites excluding steroid dienone is 2. The van der Waals surface area contributed by atoms with E-state index in [1.54, 1.807) is 0 Å². The summed E-state index contributed by atoms with van der Waals surface area (Å²) in [7, 11) is 0. The van der Waals surface area contributed by atoms with Gasteiger partial charge in [-0.2, -0.15) is 0 Å². The third kappa shape index (κ3) is 11.9. The van der Waals surface area contributed by atoms with Crippen molar-refractivity contribution in [2.75, 3.05) is 0 Å². The van der Waals surface area contributed by atoms with Crippen LogP contribution in [0, 0.1) is 0 Å². The fraction of sp³-hybridized carbons (Fsp3) is 0.417. The molecule has 0 spiro atoms. The molecule has 3 aromatic carbocycles. The second-order valence-corrected chi connectivity index (χ2v) is 10.3. The van der Waals surface area contributed by atoms with Crippen molar-refractivity contribution < 1.29 is 14.3 Å². The average molecular weight is 527 g/mol. The number of hydrogen-bond acceptors (Lipinski definition) is 3. The molecule has 0 saturated heterocycles. The number of unbranched alkanes of at least 4 members (excludes halogenated alkanes) is 9. The Bertz CT molecular complexity index is 1090. The summed E-state index contributed by atoms with van der Waals surface area (Å²) in [5.41, 5.74) is 3.61. The lowest BCUT2D eigenvalue weighted by Crippen LogP contribution is -2.11. The topological polar surface area (TPSA) is 35.5 Å². The molecule has 3 nitrogen and oxygen atoms in total. The molecule has 0 saturated carbocycles. The number of carbonyl (C=O) groups is 1. The number of carbonyl (C=O) groups excluding carboxylic acids is 1. The summed E-state index contributed by atoms with van der Waals surface area (Å²) in [6, 6.07) is 25.7. The van der Waals surface area contributed by atoms with Crippen molar-refractivity contribution in [1.82, 2.24) is 0 Å². The van der Waals surface area contributed by atoms with Gasteiger partial charge in [-0.25, -0.2) is 4.79 Å². The van der Waals surface area contributed by atoms with E-state index in [0.717, 1.165) is 36.0 Å². The molecular formula is C36H46O3. The van der Waals surface area contributed by atoms with Crippen LogP contribution in [0.4, 0.5) is 0 Å². The van der Waals surface area contributed by atoms with Gasteiger partial charge in [-0.05, 0) is 61.3 Å². The minimum atomic E-state index is -0.320. The highest BCUT2D eigenvalue weighted by molar-refractivity contribution is 5.94. The number of benzene rings is 3. The number of esters is 1. The van der Waals surface area contributed by atoms with E-state index >= 15 is 0 Å². The van der Waals surface area contributed by atoms with E-state index in [1.807, 2.05) is 78.9 Å². The Morgan fingerprint density at radius 1 is 0.641 bits per heavy atom. The molecule has 0 unspecified atom stereocenters. The smallest absolute Gasteiger partial charge is 0.342 e. The van der Waals surface area contributed by atoms with Gasteiger partial charge < -0.3 is 9.47 Å². The summed E-state index contributed by atoms with van der Waals surface area (Å²) in [5, 5.41) is 0. The number of ether oxygens (including phenoxy) is 2. The Hall–Kier alpha value is -3.33. The van der Waals surface area contributed by atoms with Crippen LogP contribution < -0.4 is 4.74 Å². The predicted molar refractivity (Wildman–Crippen MR) is 162 cm³/mol. The summed E-state index contributed by atoms with van der Waals surface area (Å²) in [5.74, 6) is 0.273. The van der Waals surface area contributed by atoms with Crippen LogP contribution in [0.25, 0.3) is 0 Å². The maximum absolute atomic E-state index is 13.3. The third-order valence-corrected chi connectivity index (χ3v) is 6.97. The van der Waals surface area contributed by atoms with Crippen LogP contribution in [0.1, 0.15) is 105 Å². The first-order valence-corrected chi connectivity index (χ1v) is 14.9. The van der Waals surface area contributed by atoms with Gasteiger partial charge in [-0.15, -0.1) is 0 Å². The van der Waals surface area contributed by atoms with Gasteiger partial charge in [0.2, 0.25) is 0 Å². The van der Waals surface area contributed by atoms with Crippen molar-refractivity contribution in [2.24, 2.45) is 0 Å². The summed E-state index contributed by atoms with van der Waals surface area (Å²) < 4.78 is 11.9. The first-order valence-electron chi connectivity index (χ1n) is 14.9. The molecule has 0 aliphatic rings. The maximum atomic E-state index is 13.3. The van der Waals surface area contributed by atoms with Gasteiger partial charge in [0.15, 0.2) is 0 Å². The molecule has 0 aliphatic carbocycles. The van der Waals surface area contributed by atoms with Crippen LogP contribution in [-0.2, 0) is 24.4 Å². The Morgan fingerprint density at radius 2 is 1.23 bits per heavy atom. The van der Waals surface area contributed by atoms with Crippen LogP contribution in [0.15, 0.2) is 91.0 Å². The highest BCUT2D eigenvalue weighted by atomic mass is 16.5. The molecule has 3 aromatic rings. The minimum absolute atomic E-state index is 0.249. The fourth-order valence-electron chi connectivity index (χ4n) is 4.70. The molecular weight excluding hydrogens is 480 g/mol. The molecule has 3 heteroatoms. The lowest BCUT2D eigenvalue weighted by atomic mass is 9.99. The van der Waals surface area contributed by atoms with Gasteiger partial charge in [0.1, 0.15) is 24.5 Å². The second kappa shape index (κ2) is 18.8.